The molecule has 0 radical (unpaired) electrons. The molecule has 0 unspecified atom stereocenters. The van der Waals surface area contributed by atoms with Crippen molar-refractivity contribution in [1.82, 2.24) is 35.6 Å². The summed E-state index contributed by atoms with van der Waals surface area (Å²) in [4.78, 5) is 14.9. The van der Waals surface area contributed by atoms with Gasteiger partial charge in [-0.3, -0.25) is 0 Å². The third-order valence-electron chi connectivity index (χ3n) is 5.50. The maximum Gasteiger partial charge on any atom is 0.177 e. The number of hydrogen-bond acceptors (Lipinski definition) is 8. The van der Waals surface area contributed by atoms with Gasteiger partial charge in [0, 0.05) is 24.2 Å². The maximum atomic E-state index is 4.76. The van der Waals surface area contributed by atoms with Crippen molar-refractivity contribution in [2.75, 3.05) is 5.32 Å². The van der Waals surface area contributed by atoms with Crippen LogP contribution in [0.3, 0.4) is 0 Å². The molecule has 9 heteroatoms. The molecule has 152 valence electrons. The van der Waals surface area contributed by atoms with Crippen molar-refractivity contribution in [1.29, 1.82) is 0 Å². The van der Waals surface area contributed by atoms with E-state index in [4.69, 9.17) is 9.97 Å². The lowest BCUT2D eigenvalue weighted by Gasteiger charge is -2.25. The fourth-order valence-corrected chi connectivity index (χ4v) is 4.97. The van der Waals surface area contributed by atoms with Crippen LogP contribution in [0.25, 0.3) is 10.6 Å². The van der Waals surface area contributed by atoms with Gasteiger partial charge in [0.2, 0.25) is 0 Å². The number of tetrazole rings is 1. The summed E-state index contributed by atoms with van der Waals surface area (Å²) in [6.07, 6.45) is 8.08. The second-order valence-electron chi connectivity index (χ2n) is 7.63. The van der Waals surface area contributed by atoms with Crippen LogP contribution >= 0.6 is 11.3 Å². The lowest BCUT2D eigenvalue weighted by Crippen LogP contribution is -2.13. The Morgan fingerprint density at radius 1 is 1.03 bits per heavy atom. The molecular formula is C21H22N8S. The topological polar surface area (TPSA) is 105 Å². The molecule has 5 rings (SSSR count). The zero-order valence-electron chi connectivity index (χ0n) is 16.6. The Kier molecular flexibility index (Phi) is 5.18. The Bertz CT molecular complexity index is 1120. The smallest absolute Gasteiger partial charge is 0.177 e. The molecule has 1 aliphatic rings. The van der Waals surface area contributed by atoms with Crippen LogP contribution in [0.1, 0.15) is 53.9 Å². The Labute approximate surface area is 178 Å². The molecule has 30 heavy (non-hydrogen) atoms. The van der Waals surface area contributed by atoms with Crippen LogP contribution in [-0.2, 0) is 0 Å². The van der Waals surface area contributed by atoms with Crippen LogP contribution in [0.4, 0.5) is 11.6 Å². The second-order valence-corrected chi connectivity index (χ2v) is 8.70. The summed E-state index contributed by atoms with van der Waals surface area (Å²) in [5.74, 6) is 3.30. The number of pyridine rings is 2. The number of nitrogens with zero attached hydrogens (tertiary/aromatic N) is 6. The van der Waals surface area contributed by atoms with E-state index in [1.807, 2.05) is 43.5 Å². The van der Waals surface area contributed by atoms with Gasteiger partial charge in [-0.15, -0.1) is 21.5 Å². The zero-order chi connectivity index (χ0) is 20.3. The molecule has 0 bridgehead atoms. The van der Waals surface area contributed by atoms with E-state index in [1.54, 1.807) is 17.5 Å². The molecule has 4 aromatic rings. The van der Waals surface area contributed by atoms with Gasteiger partial charge >= 0.3 is 0 Å². The van der Waals surface area contributed by atoms with E-state index in [-0.39, 0.29) is 0 Å². The first-order chi connectivity index (χ1) is 14.7. The summed E-state index contributed by atoms with van der Waals surface area (Å²) in [6.45, 7) is 2.05. The van der Waals surface area contributed by atoms with Gasteiger partial charge in [-0.05, 0) is 62.4 Å². The Morgan fingerprint density at radius 2 is 1.90 bits per heavy atom. The Hall–Kier alpha value is -3.20. The third kappa shape index (κ3) is 4.06. The summed E-state index contributed by atoms with van der Waals surface area (Å²) in [7, 11) is 0. The minimum absolute atomic E-state index is 0.402. The van der Waals surface area contributed by atoms with Crippen LogP contribution in [0.2, 0.25) is 0 Å². The van der Waals surface area contributed by atoms with Gasteiger partial charge in [0.05, 0.1) is 15.6 Å². The minimum Gasteiger partial charge on any atom is -0.325 e. The van der Waals surface area contributed by atoms with Gasteiger partial charge in [0.15, 0.2) is 5.82 Å². The number of aromatic amines is 1. The van der Waals surface area contributed by atoms with Crippen LogP contribution in [0.15, 0.2) is 42.7 Å². The van der Waals surface area contributed by atoms with E-state index >= 15 is 0 Å². The normalized spacial score (nSPS) is 19.0. The van der Waals surface area contributed by atoms with Crippen LogP contribution in [0.5, 0.6) is 0 Å². The van der Waals surface area contributed by atoms with Crippen molar-refractivity contribution < 1.29 is 0 Å². The van der Waals surface area contributed by atoms with Crippen LogP contribution in [-0.4, -0.2) is 35.6 Å². The van der Waals surface area contributed by atoms with E-state index in [0.717, 1.165) is 59.3 Å². The maximum absolute atomic E-state index is 4.76. The largest absolute Gasteiger partial charge is 0.325 e. The Morgan fingerprint density at radius 3 is 2.70 bits per heavy atom. The van der Waals surface area contributed by atoms with Gasteiger partial charge in [-0.25, -0.2) is 15.0 Å². The standard InChI is InChI=1S/C21H22N8S/c1-13-9-10-22-19(11-13)25-18-4-2-3-16(24-18)17-12-23-21(30-17)15-7-5-14(6-8-15)20-26-28-29-27-20/h2-4,9-12,14-15H,5-8H2,1H3,(H,22,24,25)(H,26,27,28,29). The molecule has 0 saturated heterocycles. The zero-order valence-corrected chi connectivity index (χ0v) is 17.4. The molecule has 0 aromatic carbocycles. The van der Waals surface area contributed by atoms with E-state index in [2.05, 4.69) is 30.9 Å². The number of aryl methyl sites for hydroxylation is 1. The van der Waals surface area contributed by atoms with E-state index in [1.165, 1.54) is 5.01 Å². The molecular weight excluding hydrogens is 396 g/mol. The average Bonchev–Trinajstić information content (AvgIpc) is 3.47. The Balaban J connectivity index is 1.27. The van der Waals surface area contributed by atoms with E-state index < -0.39 is 0 Å². The molecule has 0 aliphatic heterocycles. The highest BCUT2D eigenvalue weighted by atomic mass is 32.1. The summed E-state index contributed by atoms with van der Waals surface area (Å²) in [5, 5.41) is 19.0. The number of hydrogen-bond donors (Lipinski definition) is 2. The van der Waals surface area contributed by atoms with Gasteiger partial charge in [-0.2, -0.15) is 5.21 Å². The van der Waals surface area contributed by atoms with Gasteiger partial charge in [-0.1, -0.05) is 11.3 Å². The highest BCUT2D eigenvalue weighted by Gasteiger charge is 2.27. The minimum atomic E-state index is 0.402. The monoisotopic (exact) mass is 418 g/mol. The van der Waals surface area contributed by atoms with E-state index in [9.17, 15) is 0 Å². The summed E-state index contributed by atoms with van der Waals surface area (Å²) < 4.78 is 0. The fraction of sp³-hybridized carbons (Fsp3) is 0.333. The van der Waals surface area contributed by atoms with Crippen molar-refractivity contribution in [3.8, 4) is 10.6 Å². The number of nitrogens with one attached hydrogen (secondary N) is 2. The van der Waals surface area contributed by atoms with Crippen molar-refractivity contribution in [3.05, 3.63) is 59.1 Å². The second kappa shape index (κ2) is 8.27. The third-order valence-corrected chi connectivity index (χ3v) is 6.68. The SMILES string of the molecule is Cc1ccnc(Nc2cccc(-c3cnc(C4CCC(c5nn[nH]n5)CC4)s3)n2)c1. The molecule has 1 aliphatic carbocycles. The quantitative estimate of drug-likeness (QED) is 0.488. The number of rotatable bonds is 5. The molecule has 1 saturated carbocycles. The summed E-state index contributed by atoms with van der Waals surface area (Å²) >= 11 is 1.74. The average molecular weight is 419 g/mol. The van der Waals surface area contributed by atoms with Crippen molar-refractivity contribution in [2.45, 2.75) is 44.4 Å². The highest BCUT2D eigenvalue weighted by Crippen LogP contribution is 2.41. The highest BCUT2D eigenvalue weighted by molar-refractivity contribution is 7.15. The van der Waals surface area contributed by atoms with Crippen LogP contribution < -0.4 is 5.32 Å². The van der Waals surface area contributed by atoms with Crippen molar-refractivity contribution in [2.24, 2.45) is 0 Å². The lowest BCUT2D eigenvalue weighted by molar-refractivity contribution is 0.384. The van der Waals surface area contributed by atoms with Gasteiger partial charge in [0.1, 0.15) is 11.6 Å². The van der Waals surface area contributed by atoms with Crippen LogP contribution in [0, 0.1) is 6.92 Å². The molecule has 1 fully saturated rings. The molecule has 4 aromatic heterocycles. The fourth-order valence-electron chi connectivity index (χ4n) is 3.91. The molecule has 0 atom stereocenters. The first-order valence-electron chi connectivity index (χ1n) is 10.1. The van der Waals surface area contributed by atoms with Crippen molar-refractivity contribution >= 4 is 23.0 Å². The number of H-pyrrole nitrogens is 1. The number of thiazole rings is 1. The first kappa shape index (κ1) is 18.8. The molecule has 0 amide bonds. The van der Waals surface area contributed by atoms with E-state index in [0.29, 0.717) is 11.8 Å². The van der Waals surface area contributed by atoms with Gasteiger partial charge in [0.25, 0.3) is 0 Å². The lowest BCUT2D eigenvalue weighted by atomic mass is 9.82. The summed E-state index contributed by atoms with van der Waals surface area (Å²) in [6, 6.07) is 9.97. The van der Waals surface area contributed by atoms with Gasteiger partial charge < -0.3 is 5.32 Å². The summed E-state index contributed by atoms with van der Waals surface area (Å²) in [5.41, 5.74) is 2.08. The molecule has 8 nitrogen and oxygen atoms in total. The number of aromatic nitrogens is 7. The molecule has 4 heterocycles. The molecule has 2 N–H and O–H groups in total. The predicted octanol–water partition coefficient (Wildman–Crippen LogP) is 4.61. The van der Waals surface area contributed by atoms with Crippen molar-refractivity contribution in [3.63, 3.8) is 0 Å². The molecule has 0 spiro atoms. The first-order valence-corrected chi connectivity index (χ1v) is 10.9. The number of anilines is 2. The predicted molar refractivity (Wildman–Crippen MR) is 116 cm³/mol.